The zero-order valence-electron chi connectivity index (χ0n) is 16.2. The molecule has 3 N–H and O–H groups in total. The van der Waals surface area contributed by atoms with E-state index in [2.05, 4.69) is 10.6 Å². The molecule has 29 heavy (non-hydrogen) atoms. The van der Waals surface area contributed by atoms with Gasteiger partial charge in [0.05, 0.1) is 18.3 Å². The van der Waals surface area contributed by atoms with E-state index in [1.807, 2.05) is 43.3 Å². The molecular weight excluding hydrogens is 368 g/mol. The number of benzene rings is 2. The summed E-state index contributed by atoms with van der Waals surface area (Å²) in [6.07, 6.45) is 4.71. The monoisotopic (exact) mass is 392 g/mol. The Morgan fingerprint density at radius 3 is 2.31 bits per heavy atom. The second-order valence-corrected chi connectivity index (χ2v) is 7.22. The molecule has 6 heteroatoms. The van der Waals surface area contributed by atoms with E-state index in [-0.39, 0.29) is 18.2 Å². The third kappa shape index (κ3) is 5.31. The quantitative estimate of drug-likeness (QED) is 0.652. The summed E-state index contributed by atoms with van der Waals surface area (Å²) in [6, 6.07) is 14.7. The molecule has 0 spiro atoms. The highest BCUT2D eigenvalue weighted by molar-refractivity contribution is 5.97. The Hall–Kier alpha value is -3.41. The molecular formula is C23H24N2O4. The van der Waals surface area contributed by atoms with Crippen molar-refractivity contribution in [3.05, 3.63) is 71.8 Å². The largest absolute Gasteiger partial charge is 0.481 e. The van der Waals surface area contributed by atoms with Crippen LogP contribution >= 0.6 is 0 Å². The van der Waals surface area contributed by atoms with E-state index < -0.39 is 17.8 Å². The van der Waals surface area contributed by atoms with E-state index >= 15 is 0 Å². The number of hydrogen-bond donors (Lipinski definition) is 3. The Balaban J connectivity index is 1.63. The molecule has 2 aromatic rings. The molecule has 0 aliphatic heterocycles. The number of nitrogens with one attached hydrogen (secondary N) is 2. The summed E-state index contributed by atoms with van der Waals surface area (Å²) >= 11 is 0. The summed E-state index contributed by atoms with van der Waals surface area (Å²) in [4.78, 5) is 36.2. The summed E-state index contributed by atoms with van der Waals surface area (Å²) in [7, 11) is 0. The zero-order valence-corrected chi connectivity index (χ0v) is 16.2. The van der Waals surface area contributed by atoms with E-state index in [0.717, 1.165) is 11.1 Å². The fourth-order valence-electron chi connectivity index (χ4n) is 3.47. The average molecular weight is 392 g/mol. The van der Waals surface area contributed by atoms with Crippen molar-refractivity contribution < 1.29 is 19.5 Å². The molecule has 0 saturated heterocycles. The van der Waals surface area contributed by atoms with Crippen LogP contribution in [0.2, 0.25) is 0 Å². The molecule has 0 aromatic heterocycles. The molecule has 0 heterocycles. The van der Waals surface area contributed by atoms with Gasteiger partial charge < -0.3 is 15.7 Å². The zero-order chi connectivity index (χ0) is 20.8. The van der Waals surface area contributed by atoms with E-state index in [9.17, 15) is 19.5 Å². The minimum atomic E-state index is -0.956. The number of amides is 2. The van der Waals surface area contributed by atoms with Crippen LogP contribution in [0.5, 0.6) is 0 Å². The molecule has 0 fully saturated rings. The molecule has 2 amide bonds. The van der Waals surface area contributed by atoms with Crippen molar-refractivity contribution in [3.8, 4) is 0 Å². The van der Waals surface area contributed by atoms with Gasteiger partial charge in [-0.1, -0.05) is 42.5 Å². The molecule has 0 radical (unpaired) electrons. The minimum absolute atomic E-state index is 0.116. The maximum absolute atomic E-state index is 12.6. The molecule has 2 atom stereocenters. The molecule has 6 nitrogen and oxygen atoms in total. The Bertz CT molecular complexity index is 937. The van der Waals surface area contributed by atoms with Gasteiger partial charge in [0.25, 0.3) is 0 Å². The Morgan fingerprint density at radius 1 is 0.966 bits per heavy atom. The first-order valence-corrected chi connectivity index (χ1v) is 9.57. The topological polar surface area (TPSA) is 95.5 Å². The Labute approximate surface area is 169 Å². The van der Waals surface area contributed by atoms with Crippen molar-refractivity contribution >= 4 is 29.2 Å². The van der Waals surface area contributed by atoms with Gasteiger partial charge in [-0.25, -0.2) is 0 Å². The van der Waals surface area contributed by atoms with Crippen LogP contribution in [0.4, 0.5) is 11.4 Å². The third-order valence-electron chi connectivity index (χ3n) is 5.06. The molecule has 1 aliphatic carbocycles. The molecule has 0 unspecified atom stereocenters. The number of aryl methyl sites for hydroxylation is 1. The van der Waals surface area contributed by atoms with E-state index in [1.54, 1.807) is 24.3 Å². The van der Waals surface area contributed by atoms with Gasteiger partial charge >= 0.3 is 5.97 Å². The van der Waals surface area contributed by atoms with Crippen LogP contribution in [0, 0.1) is 18.8 Å². The first-order chi connectivity index (χ1) is 13.9. The summed E-state index contributed by atoms with van der Waals surface area (Å²) in [5.74, 6) is -2.68. The maximum Gasteiger partial charge on any atom is 0.307 e. The van der Waals surface area contributed by atoms with Crippen molar-refractivity contribution in [1.29, 1.82) is 0 Å². The van der Waals surface area contributed by atoms with Crippen LogP contribution in [-0.4, -0.2) is 22.9 Å². The Kier molecular flexibility index (Phi) is 6.44. The van der Waals surface area contributed by atoms with Crippen molar-refractivity contribution in [2.24, 2.45) is 11.8 Å². The molecule has 1 aliphatic rings. The highest BCUT2D eigenvalue weighted by Gasteiger charge is 2.33. The van der Waals surface area contributed by atoms with Gasteiger partial charge in [-0.05, 0) is 49.1 Å². The second kappa shape index (κ2) is 9.19. The highest BCUT2D eigenvalue weighted by atomic mass is 16.4. The molecule has 2 aromatic carbocycles. The van der Waals surface area contributed by atoms with Crippen LogP contribution in [-0.2, 0) is 20.8 Å². The number of carboxylic acid groups (broad SMARTS) is 1. The lowest BCUT2D eigenvalue weighted by atomic mass is 9.82. The maximum atomic E-state index is 12.6. The second-order valence-electron chi connectivity index (χ2n) is 7.22. The first-order valence-electron chi connectivity index (χ1n) is 9.57. The molecule has 0 bridgehead atoms. The molecule has 0 saturated carbocycles. The van der Waals surface area contributed by atoms with Gasteiger partial charge in [-0.2, -0.15) is 0 Å². The first kappa shape index (κ1) is 20.3. The summed E-state index contributed by atoms with van der Waals surface area (Å²) in [5.41, 5.74) is 2.99. The fourth-order valence-corrected chi connectivity index (χ4v) is 3.47. The van der Waals surface area contributed by atoms with Crippen LogP contribution in [0.3, 0.4) is 0 Å². The van der Waals surface area contributed by atoms with Crippen molar-refractivity contribution in [2.75, 3.05) is 10.6 Å². The molecule has 3 rings (SSSR count). The van der Waals surface area contributed by atoms with Crippen molar-refractivity contribution in [2.45, 2.75) is 26.2 Å². The van der Waals surface area contributed by atoms with Crippen molar-refractivity contribution in [3.63, 3.8) is 0 Å². The van der Waals surface area contributed by atoms with Crippen LogP contribution in [0.25, 0.3) is 0 Å². The smallest absolute Gasteiger partial charge is 0.307 e. The van der Waals surface area contributed by atoms with Gasteiger partial charge in [0.1, 0.15) is 0 Å². The third-order valence-corrected chi connectivity index (χ3v) is 5.06. The minimum Gasteiger partial charge on any atom is -0.481 e. The van der Waals surface area contributed by atoms with Gasteiger partial charge in [0.2, 0.25) is 11.8 Å². The SMILES string of the molecule is Cc1cc(NC(=O)[C@@H]2CC=CC[C@H]2C(=O)O)ccc1NC(=O)Cc1ccccc1. The van der Waals surface area contributed by atoms with Gasteiger partial charge in [-0.3, -0.25) is 14.4 Å². The average Bonchev–Trinajstić information content (AvgIpc) is 2.70. The molecule has 150 valence electrons. The number of aliphatic carboxylic acids is 1. The van der Waals surface area contributed by atoms with Crippen molar-refractivity contribution in [1.82, 2.24) is 0 Å². The van der Waals surface area contributed by atoms with Crippen LogP contribution in [0.15, 0.2) is 60.7 Å². The van der Waals surface area contributed by atoms with E-state index in [1.165, 1.54) is 0 Å². The number of hydrogen-bond acceptors (Lipinski definition) is 3. The predicted molar refractivity (Wildman–Crippen MR) is 112 cm³/mol. The van der Waals surface area contributed by atoms with E-state index in [4.69, 9.17) is 0 Å². The van der Waals surface area contributed by atoms with Crippen LogP contribution < -0.4 is 10.6 Å². The number of anilines is 2. The number of carboxylic acids is 1. The number of carbonyl (C=O) groups excluding carboxylic acids is 2. The predicted octanol–water partition coefficient (Wildman–Crippen LogP) is 3.78. The highest BCUT2D eigenvalue weighted by Crippen LogP contribution is 2.28. The van der Waals surface area contributed by atoms with Gasteiger partial charge in [-0.15, -0.1) is 0 Å². The number of allylic oxidation sites excluding steroid dienone is 2. The van der Waals surface area contributed by atoms with Gasteiger partial charge in [0, 0.05) is 11.4 Å². The Morgan fingerprint density at radius 2 is 1.66 bits per heavy atom. The normalized spacial score (nSPS) is 18.1. The van der Waals surface area contributed by atoms with E-state index in [0.29, 0.717) is 24.2 Å². The number of carbonyl (C=O) groups is 3. The van der Waals surface area contributed by atoms with Gasteiger partial charge in [0.15, 0.2) is 0 Å². The lowest BCUT2D eigenvalue weighted by Crippen LogP contribution is -2.34. The lowest BCUT2D eigenvalue weighted by molar-refractivity contribution is -0.146. The fraction of sp³-hybridized carbons (Fsp3) is 0.261. The summed E-state index contributed by atoms with van der Waals surface area (Å²) in [5, 5.41) is 15.0. The number of rotatable bonds is 6. The summed E-state index contributed by atoms with van der Waals surface area (Å²) in [6.45, 7) is 1.84. The van der Waals surface area contributed by atoms with Crippen LogP contribution in [0.1, 0.15) is 24.0 Å². The standard InChI is InChI=1S/C23H24N2O4/c1-15-13-17(24-22(27)18-9-5-6-10-19(18)23(28)29)11-12-20(15)25-21(26)14-16-7-3-2-4-8-16/h2-8,11-13,18-19H,9-10,14H2,1H3,(H,24,27)(H,25,26)(H,28,29)/t18-,19-/m1/s1. The lowest BCUT2D eigenvalue weighted by Gasteiger charge is -2.24. The summed E-state index contributed by atoms with van der Waals surface area (Å²) < 4.78 is 0.